The highest BCUT2D eigenvalue weighted by atomic mass is 16.5. The van der Waals surface area contributed by atoms with Crippen LogP contribution in [0.3, 0.4) is 0 Å². The number of hydrogen-bond acceptors (Lipinski definition) is 3. The molecule has 0 radical (unpaired) electrons. The molecule has 2 aromatic rings. The van der Waals surface area contributed by atoms with E-state index in [-0.39, 0.29) is 12.5 Å². The molecule has 0 aromatic heterocycles. The summed E-state index contributed by atoms with van der Waals surface area (Å²) >= 11 is 0. The van der Waals surface area contributed by atoms with Gasteiger partial charge in [-0.25, -0.2) is 0 Å². The van der Waals surface area contributed by atoms with Crippen molar-refractivity contribution in [1.82, 2.24) is 0 Å². The summed E-state index contributed by atoms with van der Waals surface area (Å²) in [5.41, 5.74) is 10.9. The van der Waals surface area contributed by atoms with Gasteiger partial charge in [-0.2, -0.15) is 0 Å². The number of para-hydroxylation sites is 1. The number of ether oxygens (including phenoxy) is 1. The number of nitrogen functional groups attached to an aromatic ring is 1. The van der Waals surface area contributed by atoms with Gasteiger partial charge in [-0.05, 0) is 55.5 Å². The molecule has 1 heterocycles. The number of rotatable bonds is 3. The summed E-state index contributed by atoms with van der Waals surface area (Å²) in [6.45, 7) is 4.73. The van der Waals surface area contributed by atoms with E-state index in [1.165, 1.54) is 0 Å². The maximum absolute atomic E-state index is 12.6. The minimum absolute atomic E-state index is 0.0285. The Balaban J connectivity index is 1.77. The molecule has 2 aromatic carbocycles. The molecule has 0 bridgehead atoms. The average Bonchev–Trinajstić information content (AvgIpc) is 2.54. The number of amides is 1. The highest BCUT2D eigenvalue weighted by Crippen LogP contribution is 2.31. The molecule has 23 heavy (non-hydrogen) atoms. The van der Waals surface area contributed by atoms with Gasteiger partial charge in [0.05, 0.1) is 0 Å². The number of nitrogens with zero attached hydrogens (tertiary/aromatic N) is 1. The van der Waals surface area contributed by atoms with Crippen LogP contribution in [0.15, 0.2) is 36.4 Å². The lowest BCUT2D eigenvalue weighted by Crippen LogP contribution is -2.39. The molecule has 1 aliphatic rings. The van der Waals surface area contributed by atoms with E-state index in [1.807, 2.05) is 50.2 Å². The molecular weight excluding hydrogens is 288 g/mol. The van der Waals surface area contributed by atoms with Crippen molar-refractivity contribution in [3.8, 4) is 5.75 Å². The van der Waals surface area contributed by atoms with E-state index >= 15 is 0 Å². The van der Waals surface area contributed by atoms with E-state index in [9.17, 15) is 4.79 Å². The molecule has 0 aliphatic carbocycles. The highest BCUT2D eigenvalue weighted by molar-refractivity contribution is 5.96. The lowest BCUT2D eigenvalue weighted by Gasteiger charge is -2.30. The number of hydrogen-bond donors (Lipinski definition) is 1. The van der Waals surface area contributed by atoms with E-state index in [1.54, 1.807) is 4.90 Å². The number of aryl methyl sites for hydroxylation is 2. The number of benzene rings is 2. The van der Waals surface area contributed by atoms with Crippen LogP contribution in [0.2, 0.25) is 0 Å². The Morgan fingerprint density at radius 1 is 1.17 bits per heavy atom. The van der Waals surface area contributed by atoms with E-state index in [0.29, 0.717) is 6.54 Å². The summed E-state index contributed by atoms with van der Waals surface area (Å²) in [4.78, 5) is 14.4. The van der Waals surface area contributed by atoms with E-state index in [0.717, 1.165) is 46.7 Å². The summed E-state index contributed by atoms with van der Waals surface area (Å²) in [5, 5.41) is 0. The van der Waals surface area contributed by atoms with Gasteiger partial charge in [-0.3, -0.25) is 4.79 Å². The molecule has 4 heteroatoms. The summed E-state index contributed by atoms with van der Waals surface area (Å²) in [7, 11) is 0. The Morgan fingerprint density at radius 2 is 1.87 bits per heavy atom. The normalized spacial score (nSPS) is 13.6. The Hall–Kier alpha value is -2.49. The molecule has 0 atom stereocenters. The van der Waals surface area contributed by atoms with Gasteiger partial charge in [0.25, 0.3) is 5.91 Å². The molecule has 4 nitrogen and oxygen atoms in total. The maximum atomic E-state index is 12.6. The Labute approximate surface area is 136 Å². The lowest BCUT2D eigenvalue weighted by atomic mass is 10.00. The van der Waals surface area contributed by atoms with Gasteiger partial charge in [0.2, 0.25) is 0 Å². The van der Waals surface area contributed by atoms with E-state index < -0.39 is 0 Å². The average molecular weight is 310 g/mol. The molecule has 0 unspecified atom stereocenters. The van der Waals surface area contributed by atoms with Crippen LogP contribution in [0.5, 0.6) is 5.75 Å². The van der Waals surface area contributed by atoms with Crippen molar-refractivity contribution in [2.24, 2.45) is 0 Å². The number of fused-ring (bicyclic) bond motifs is 1. The van der Waals surface area contributed by atoms with Crippen molar-refractivity contribution in [1.29, 1.82) is 0 Å². The molecule has 1 amide bonds. The van der Waals surface area contributed by atoms with Gasteiger partial charge in [0.1, 0.15) is 5.75 Å². The first-order chi connectivity index (χ1) is 11.1. The third kappa shape index (κ3) is 3.02. The van der Waals surface area contributed by atoms with Crippen LogP contribution in [0.4, 0.5) is 11.4 Å². The van der Waals surface area contributed by atoms with Crippen LogP contribution >= 0.6 is 0 Å². The Bertz CT molecular complexity index is 720. The second-order valence-corrected chi connectivity index (χ2v) is 6.00. The van der Waals surface area contributed by atoms with Gasteiger partial charge in [-0.15, -0.1) is 0 Å². The Morgan fingerprint density at radius 3 is 2.61 bits per heavy atom. The second kappa shape index (κ2) is 6.32. The predicted octanol–water partition coefficient (Wildman–Crippen LogP) is 3.24. The van der Waals surface area contributed by atoms with Gasteiger partial charge in [0, 0.05) is 17.9 Å². The minimum atomic E-state index is -0.0285. The molecule has 3 rings (SSSR count). The van der Waals surface area contributed by atoms with Gasteiger partial charge in [0.15, 0.2) is 6.61 Å². The molecule has 0 saturated heterocycles. The lowest BCUT2D eigenvalue weighted by molar-refractivity contribution is -0.120. The van der Waals surface area contributed by atoms with Crippen LogP contribution in [-0.4, -0.2) is 19.1 Å². The maximum Gasteiger partial charge on any atom is 0.264 e. The van der Waals surface area contributed by atoms with Crippen LogP contribution in [0.1, 0.15) is 23.1 Å². The summed E-state index contributed by atoms with van der Waals surface area (Å²) in [5.74, 6) is 0.768. The topological polar surface area (TPSA) is 55.6 Å². The number of anilines is 2. The number of carbonyl (C=O) groups excluding carboxylic acids is 1. The van der Waals surface area contributed by atoms with Crippen molar-refractivity contribution in [3.05, 3.63) is 53.1 Å². The highest BCUT2D eigenvalue weighted by Gasteiger charge is 2.24. The van der Waals surface area contributed by atoms with Gasteiger partial charge >= 0.3 is 0 Å². The summed E-state index contributed by atoms with van der Waals surface area (Å²) in [6, 6.07) is 11.7. The number of carbonyl (C=O) groups is 1. The van der Waals surface area contributed by atoms with E-state index in [4.69, 9.17) is 10.5 Å². The smallest absolute Gasteiger partial charge is 0.264 e. The third-order valence-corrected chi connectivity index (χ3v) is 4.34. The van der Waals surface area contributed by atoms with Gasteiger partial charge in [-0.1, -0.05) is 24.3 Å². The zero-order chi connectivity index (χ0) is 16.4. The number of nitrogens with two attached hydrogens (primary N) is 1. The van der Waals surface area contributed by atoms with Gasteiger partial charge < -0.3 is 15.4 Å². The van der Waals surface area contributed by atoms with Crippen molar-refractivity contribution >= 4 is 17.3 Å². The monoisotopic (exact) mass is 310 g/mol. The minimum Gasteiger partial charge on any atom is -0.483 e. The van der Waals surface area contributed by atoms with Crippen molar-refractivity contribution in [2.75, 3.05) is 23.8 Å². The second-order valence-electron chi connectivity index (χ2n) is 6.00. The Kier molecular flexibility index (Phi) is 4.24. The molecule has 0 spiro atoms. The fourth-order valence-corrected chi connectivity index (χ4v) is 3.15. The zero-order valence-corrected chi connectivity index (χ0v) is 13.6. The fourth-order valence-electron chi connectivity index (χ4n) is 3.15. The predicted molar refractivity (Wildman–Crippen MR) is 92.9 cm³/mol. The summed E-state index contributed by atoms with van der Waals surface area (Å²) in [6.07, 6.45) is 1.85. The van der Waals surface area contributed by atoms with Crippen molar-refractivity contribution < 1.29 is 9.53 Å². The van der Waals surface area contributed by atoms with Crippen LogP contribution < -0.4 is 15.4 Å². The molecule has 1 aliphatic heterocycles. The molecule has 0 fully saturated rings. The first-order valence-corrected chi connectivity index (χ1v) is 7.94. The van der Waals surface area contributed by atoms with Crippen molar-refractivity contribution in [2.45, 2.75) is 26.7 Å². The van der Waals surface area contributed by atoms with E-state index in [2.05, 4.69) is 0 Å². The first-order valence-electron chi connectivity index (χ1n) is 7.94. The quantitative estimate of drug-likeness (QED) is 0.885. The van der Waals surface area contributed by atoms with Crippen LogP contribution in [0, 0.1) is 13.8 Å². The molecule has 2 N–H and O–H groups in total. The largest absolute Gasteiger partial charge is 0.483 e. The van der Waals surface area contributed by atoms with Crippen LogP contribution in [-0.2, 0) is 11.2 Å². The first kappa shape index (κ1) is 15.4. The standard InChI is InChI=1S/C19H22N2O2/c1-13-6-3-7-14(2)19(13)23-12-18(22)21-11-5-8-15-16(20)9-4-10-17(15)21/h3-4,6-7,9-10H,5,8,11-12,20H2,1-2H3. The van der Waals surface area contributed by atoms with Crippen LogP contribution in [0.25, 0.3) is 0 Å². The third-order valence-electron chi connectivity index (χ3n) is 4.34. The van der Waals surface area contributed by atoms with Crippen molar-refractivity contribution in [3.63, 3.8) is 0 Å². The molecular formula is C19H22N2O2. The zero-order valence-electron chi connectivity index (χ0n) is 13.6. The fraction of sp³-hybridized carbons (Fsp3) is 0.316. The molecule has 120 valence electrons. The SMILES string of the molecule is Cc1cccc(C)c1OCC(=O)N1CCCc2c(N)cccc21. The summed E-state index contributed by atoms with van der Waals surface area (Å²) < 4.78 is 5.81. The molecule has 0 saturated carbocycles.